The Kier molecular flexibility index (Phi) is 4.22. The zero-order valence-corrected chi connectivity index (χ0v) is 12.0. The van der Waals surface area contributed by atoms with Gasteiger partial charge in [-0.2, -0.15) is 4.98 Å². The fourth-order valence-corrected chi connectivity index (χ4v) is 1.84. The van der Waals surface area contributed by atoms with Crippen LogP contribution in [-0.4, -0.2) is 16.5 Å². The summed E-state index contributed by atoms with van der Waals surface area (Å²) in [5.74, 6) is 1.41. The van der Waals surface area contributed by atoms with E-state index in [1.54, 1.807) is 6.20 Å². The molecule has 0 fully saturated rings. The Hall–Kier alpha value is -1.81. The molecule has 0 saturated carbocycles. The van der Waals surface area contributed by atoms with E-state index in [1.807, 2.05) is 39.0 Å². The lowest BCUT2D eigenvalue weighted by Crippen LogP contribution is -2.05. The number of nitrogens with zero attached hydrogens (tertiary/aromatic N) is 2. The minimum atomic E-state index is 0.621. The van der Waals surface area contributed by atoms with Gasteiger partial charge in [-0.3, -0.25) is 0 Å². The average Bonchev–Trinajstić information content (AvgIpc) is 2.38. The topological polar surface area (TPSA) is 49.8 Å². The Bertz CT molecular complexity index is 584. The van der Waals surface area contributed by atoms with E-state index >= 15 is 0 Å². The summed E-state index contributed by atoms with van der Waals surface area (Å²) >= 11 is 6.02. The van der Waals surface area contributed by atoms with Gasteiger partial charge in [-0.05, 0) is 38.5 Å². The van der Waals surface area contributed by atoms with Crippen LogP contribution in [0.15, 0.2) is 24.4 Å². The molecule has 1 aromatic carbocycles. The van der Waals surface area contributed by atoms with Gasteiger partial charge in [0, 0.05) is 29.0 Å². The minimum Gasteiger partial charge on any atom is -0.354 e. The highest BCUT2D eigenvalue weighted by molar-refractivity contribution is 6.30. The van der Waals surface area contributed by atoms with Gasteiger partial charge < -0.3 is 10.6 Å². The van der Waals surface area contributed by atoms with Crippen molar-refractivity contribution in [2.24, 2.45) is 0 Å². The molecule has 0 amide bonds. The molecule has 0 aliphatic rings. The number of halogens is 1. The summed E-state index contributed by atoms with van der Waals surface area (Å²) in [6.07, 6.45) is 1.80. The van der Waals surface area contributed by atoms with Crippen LogP contribution in [0.5, 0.6) is 0 Å². The molecule has 19 heavy (non-hydrogen) atoms. The molecule has 0 bridgehead atoms. The van der Waals surface area contributed by atoms with Gasteiger partial charge in [0.1, 0.15) is 5.82 Å². The number of hydrogen-bond acceptors (Lipinski definition) is 4. The van der Waals surface area contributed by atoms with E-state index in [1.165, 1.54) is 0 Å². The molecule has 5 heteroatoms. The van der Waals surface area contributed by atoms with Gasteiger partial charge in [-0.25, -0.2) is 4.98 Å². The maximum absolute atomic E-state index is 6.02. The molecule has 0 atom stereocenters. The third-order valence-electron chi connectivity index (χ3n) is 2.76. The standard InChI is InChI=1S/C14H17ClN4/c1-4-16-14-17-8-10(3)13(19-14)18-12-7-11(15)6-5-9(12)2/h5-8H,4H2,1-3H3,(H2,16,17,18,19). The van der Waals surface area contributed by atoms with Gasteiger partial charge >= 0.3 is 0 Å². The Morgan fingerprint density at radius 3 is 2.74 bits per heavy atom. The highest BCUT2D eigenvalue weighted by atomic mass is 35.5. The van der Waals surface area contributed by atoms with Crippen LogP contribution in [0.4, 0.5) is 17.5 Å². The predicted molar refractivity (Wildman–Crippen MR) is 80.4 cm³/mol. The van der Waals surface area contributed by atoms with Crippen molar-refractivity contribution in [2.45, 2.75) is 20.8 Å². The van der Waals surface area contributed by atoms with E-state index in [0.29, 0.717) is 11.0 Å². The first kappa shape index (κ1) is 13.6. The van der Waals surface area contributed by atoms with Gasteiger partial charge in [0.25, 0.3) is 0 Å². The predicted octanol–water partition coefficient (Wildman–Crippen LogP) is 3.92. The van der Waals surface area contributed by atoms with Crippen molar-refractivity contribution in [1.29, 1.82) is 0 Å². The van der Waals surface area contributed by atoms with Crippen molar-refractivity contribution in [2.75, 3.05) is 17.2 Å². The summed E-state index contributed by atoms with van der Waals surface area (Å²) in [7, 11) is 0. The molecule has 2 N–H and O–H groups in total. The van der Waals surface area contributed by atoms with Gasteiger partial charge in [0.15, 0.2) is 0 Å². The fourth-order valence-electron chi connectivity index (χ4n) is 1.67. The second-order valence-corrected chi connectivity index (χ2v) is 4.78. The number of anilines is 3. The Labute approximate surface area is 118 Å². The highest BCUT2D eigenvalue weighted by Gasteiger charge is 2.06. The SMILES string of the molecule is CCNc1ncc(C)c(Nc2cc(Cl)ccc2C)n1. The zero-order chi connectivity index (χ0) is 13.8. The van der Waals surface area contributed by atoms with E-state index in [-0.39, 0.29) is 0 Å². The first-order chi connectivity index (χ1) is 9.10. The van der Waals surface area contributed by atoms with E-state index in [4.69, 9.17) is 11.6 Å². The van der Waals surface area contributed by atoms with Crippen LogP contribution in [-0.2, 0) is 0 Å². The first-order valence-corrected chi connectivity index (χ1v) is 6.58. The third-order valence-corrected chi connectivity index (χ3v) is 2.99. The maximum Gasteiger partial charge on any atom is 0.224 e. The number of aromatic nitrogens is 2. The molecule has 100 valence electrons. The molecule has 0 unspecified atom stereocenters. The summed E-state index contributed by atoms with van der Waals surface area (Å²) in [6.45, 7) is 6.80. The van der Waals surface area contributed by atoms with Crippen molar-refractivity contribution >= 4 is 29.1 Å². The summed E-state index contributed by atoms with van der Waals surface area (Å²) < 4.78 is 0. The van der Waals surface area contributed by atoms with Crippen LogP contribution in [0.1, 0.15) is 18.1 Å². The second-order valence-electron chi connectivity index (χ2n) is 4.34. The van der Waals surface area contributed by atoms with Crippen molar-refractivity contribution in [3.8, 4) is 0 Å². The van der Waals surface area contributed by atoms with E-state index in [9.17, 15) is 0 Å². The lowest BCUT2D eigenvalue weighted by atomic mass is 10.2. The lowest BCUT2D eigenvalue weighted by molar-refractivity contribution is 1.07. The largest absolute Gasteiger partial charge is 0.354 e. The van der Waals surface area contributed by atoms with E-state index in [2.05, 4.69) is 20.6 Å². The molecular formula is C14H17ClN4. The van der Waals surface area contributed by atoms with Crippen molar-refractivity contribution in [1.82, 2.24) is 9.97 Å². The third kappa shape index (κ3) is 3.35. The summed E-state index contributed by atoms with van der Waals surface area (Å²) in [4.78, 5) is 8.67. The molecule has 0 saturated heterocycles. The van der Waals surface area contributed by atoms with Crippen LogP contribution in [0.3, 0.4) is 0 Å². The van der Waals surface area contributed by atoms with Gasteiger partial charge in [0.2, 0.25) is 5.95 Å². The first-order valence-electron chi connectivity index (χ1n) is 6.21. The molecule has 0 spiro atoms. The number of nitrogens with one attached hydrogen (secondary N) is 2. The number of rotatable bonds is 4. The molecule has 2 rings (SSSR count). The Balaban J connectivity index is 2.31. The summed E-state index contributed by atoms with van der Waals surface area (Å²) in [5, 5.41) is 7.10. The van der Waals surface area contributed by atoms with E-state index < -0.39 is 0 Å². The fraction of sp³-hybridized carbons (Fsp3) is 0.286. The maximum atomic E-state index is 6.02. The molecule has 1 heterocycles. The lowest BCUT2D eigenvalue weighted by Gasteiger charge is -2.12. The summed E-state index contributed by atoms with van der Waals surface area (Å²) in [5.41, 5.74) is 3.06. The highest BCUT2D eigenvalue weighted by Crippen LogP contribution is 2.25. The Morgan fingerprint density at radius 2 is 2.00 bits per heavy atom. The van der Waals surface area contributed by atoms with Crippen LogP contribution in [0.25, 0.3) is 0 Å². The number of aryl methyl sites for hydroxylation is 2. The summed E-state index contributed by atoms with van der Waals surface area (Å²) in [6, 6.07) is 5.75. The second kappa shape index (κ2) is 5.89. The molecule has 0 aliphatic carbocycles. The zero-order valence-electron chi connectivity index (χ0n) is 11.3. The van der Waals surface area contributed by atoms with Crippen LogP contribution >= 0.6 is 11.6 Å². The van der Waals surface area contributed by atoms with Crippen LogP contribution in [0, 0.1) is 13.8 Å². The normalized spacial score (nSPS) is 10.3. The molecular weight excluding hydrogens is 260 g/mol. The van der Waals surface area contributed by atoms with Crippen molar-refractivity contribution in [3.63, 3.8) is 0 Å². The van der Waals surface area contributed by atoms with Gasteiger partial charge in [0.05, 0.1) is 0 Å². The molecule has 0 aliphatic heterocycles. The quantitative estimate of drug-likeness (QED) is 0.889. The van der Waals surface area contributed by atoms with Gasteiger partial charge in [-0.1, -0.05) is 17.7 Å². The van der Waals surface area contributed by atoms with Gasteiger partial charge in [-0.15, -0.1) is 0 Å². The molecule has 1 aromatic heterocycles. The monoisotopic (exact) mass is 276 g/mol. The molecule has 4 nitrogen and oxygen atoms in total. The van der Waals surface area contributed by atoms with Crippen molar-refractivity contribution in [3.05, 3.63) is 40.5 Å². The minimum absolute atomic E-state index is 0.621. The average molecular weight is 277 g/mol. The molecule has 0 radical (unpaired) electrons. The number of benzene rings is 1. The molecule has 2 aromatic rings. The van der Waals surface area contributed by atoms with E-state index in [0.717, 1.165) is 29.2 Å². The Morgan fingerprint density at radius 1 is 1.21 bits per heavy atom. The smallest absolute Gasteiger partial charge is 0.224 e. The number of hydrogen-bond donors (Lipinski definition) is 2. The van der Waals surface area contributed by atoms with Crippen molar-refractivity contribution < 1.29 is 0 Å². The van der Waals surface area contributed by atoms with Crippen LogP contribution < -0.4 is 10.6 Å². The van der Waals surface area contributed by atoms with Crippen LogP contribution in [0.2, 0.25) is 5.02 Å².